The smallest absolute Gasteiger partial charge is 0.416 e. The number of benzene rings is 1. The number of rotatable bonds is 5. The monoisotopic (exact) mass is 450 g/mol. The van der Waals surface area contributed by atoms with Crippen LogP contribution >= 0.6 is 0 Å². The first-order chi connectivity index (χ1) is 14.2. The van der Waals surface area contributed by atoms with E-state index >= 15 is 0 Å². The molecule has 0 spiro atoms. The number of amides is 1. The molecule has 0 fully saturated rings. The van der Waals surface area contributed by atoms with Crippen molar-refractivity contribution in [2.24, 2.45) is 0 Å². The molecule has 0 unspecified atom stereocenters. The minimum atomic E-state index is -5.05. The topological polar surface area (TPSA) is 60.3 Å². The molecule has 11 heteroatoms. The minimum absolute atomic E-state index is 0.0292. The van der Waals surface area contributed by atoms with Gasteiger partial charge in [0.15, 0.2) is 0 Å². The summed E-state index contributed by atoms with van der Waals surface area (Å²) in [6.07, 6.45) is -10.1. The second kappa shape index (κ2) is 8.64. The van der Waals surface area contributed by atoms with Crippen molar-refractivity contribution in [2.75, 3.05) is 11.9 Å². The van der Waals surface area contributed by atoms with Crippen LogP contribution in [0.25, 0.3) is 0 Å². The molecule has 0 saturated heterocycles. The summed E-state index contributed by atoms with van der Waals surface area (Å²) in [4.78, 5) is 25.1. The number of nitrogens with zero attached hydrogens (tertiary/aromatic N) is 1. The van der Waals surface area contributed by atoms with E-state index in [1.165, 1.54) is 18.4 Å². The first-order valence-electron chi connectivity index (χ1n) is 9.19. The highest BCUT2D eigenvalue weighted by molar-refractivity contribution is 6.08. The first kappa shape index (κ1) is 24.3. The van der Waals surface area contributed by atoms with Crippen LogP contribution in [0, 0.1) is 13.8 Å². The normalized spacial score (nSPS) is 12.1. The van der Waals surface area contributed by atoms with Crippen molar-refractivity contribution in [3.63, 3.8) is 0 Å². The molecule has 0 aliphatic rings. The number of hydrogen-bond donors (Lipinski definition) is 1. The number of nitrogens with one attached hydrogen (secondary N) is 1. The molecule has 1 N–H and O–H groups in total. The van der Waals surface area contributed by atoms with Crippen LogP contribution in [0.3, 0.4) is 0 Å². The Morgan fingerprint density at radius 1 is 0.968 bits per heavy atom. The molecule has 1 aromatic heterocycles. The fraction of sp³-hybridized carbons (Fsp3) is 0.400. The molecule has 31 heavy (non-hydrogen) atoms. The zero-order valence-electron chi connectivity index (χ0n) is 17.1. The van der Waals surface area contributed by atoms with Gasteiger partial charge in [-0.25, -0.2) is 4.79 Å². The van der Waals surface area contributed by atoms with E-state index < -0.39 is 41.0 Å². The van der Waals surface area contributed by atoms with Gasteiger partial charge >= 0.3 is 18.3 Å². The maximum absolute atomic E-state index is 13.1. The number of aromatic nitrogens is 1. The van der Waals surface area contributed by atoms with E-state index in [9.17, 15) is 35.9 Å². The summed E-state index contributed by atoms with van der Waals surface area (Å²) in [5.74, 6) is -1.64. The van der Waals surface area contributed by atoms with Crippen LogP contribution in [0.2, 0.25) is 0 Å². The average Bonchev–Trinajstić information content (AvgIpc) is 2.89. The molecular weight excluding hydrogens is 430 g/mol. The number of alkyl halides is 6. The van der Waals surface area contributed by atoms with Gasteiger partial charge in [-0.1, -0.05) is 0 Å². The summed E-state index contributed by atoms with van der Waals surface area (Å²) < 4.78 is 84.8. The second-order valence-corrected chi connectivity index (χ2v) is 6.65. The molecule has 0 radical (unpaired) electrons. The quantitative estimate of drug-likeness (QED) is 0.477. The van der Waals surface area contributed by atoms with E-state index in [4.69, 9.17) is 4.74 Å². The molecule has 2 rings (SSSR count). The summed E-state index contributed by atoms with van der Waals surface area (Å²) in [6.45, 7) is 6.64. The van der Waals surface area contributed by atoms with Gasteiger partial charge in [-0.2, -0.15) is 26.3 Å². The lowest BCUT2D eigenvalue weighted by molar-refractivity contribution is -0.143. The largest absolute Gasteiger partial charge is 0.461 e. The van der Waals surface area contributed by atoms with E-state index in [1.807, 2.05) is 0 Å². The predicted octanol–water partition coefficient (Wildman–Crippen LogP) is 5.59. The third kappa shape index (κ3) is 5.02. The molecule has 1 amide bonds. The number of hydrogen-bond acceptors (Lipinski definition) is 3. The lowest BCUT2D eigenvalue weighted by Crippen LogP contribution is -2.17. The zero-order chi connectivity index (χ0) is 23.7. The zero-order valence-corrected chi connectivity index (χ0v) is 17.1. The summed E-state index contributed by atoms with van der Waals surface area (Å²) in [6, 6.07) is 0.806. The number of halogens is 6. The second-order valence-electron chi connectivity index (χ2n) is 6.65. The fourth-order valence-corrected chi connectivity index (χ4v) is 3.31. The van der Waals surface area contributed by atoms with Crippen LogP contribution in [-0.4, -0.2) is 23.1 Å². The molecule has 1 heterocycles. The van der Waals surface area contributed by atoms with Crippen molar-refractivity contribution < 1.29 is 40.7 Å². The van der Waals surface area contributed by atoms with E-state index in [2.05, 4.69) is 5.32 Å². The van der Waals surface area contributed by atoms with Gasteiger partial charge in [-0.15, -0.1) is 0 Å². The van der Waals surface area contributed by atoms with E-state index in [-0.39, 0.29) is 36.0 Å². The van der Waals surface area contributed by atoms with Crippen molar-refractivity contribution in [3.05, 3.63) is 51.8 Å². The molecule has 0 aliphatic heterocycles. The van der Waals surface area contributed by atoms with E-state index in [0.717, 1.165) is 0 Å². The van der Waals surface area contributed by atoms with Crippen molar-refractivity contribution in [2.45, 2.75) is 46.6 Å². The van der Waals surface area contributed by atoms with Crippen LogP contribution in [0.1, 0.15) is 57.1 Å². The Bertz CT molecular complexity index is 974. The highest BCUT2D eigenvalue weighted by Crippen LogP contribution is 2.37. The van der Waals surface area contributed by atoms with Gasteiger partial charge in [-0.05, 0) is 51.5 Å². The third-order valence-electron chi connectivity index (χ3n) is 4.62. The molecule has 0 aliphatic carbocycles. The molecule has 5 nitrogen and oxygen atoms in total. The number of carbonyl (C=O) groups excluding carboxylic acids is 2. The summed E-state index contributed by atoms with van der Waals surface area (Å²) in [5, 5.41) is 2.10. The number of ether oxygens (including phenoxy) is 1. The van der Waals surface area contributed by atoms with Gasteiger partial charge < -0.3 is 14.6 Å². The van der Waals surface area contributed by atoms with Crippen LogP contribution in [0.15, 0.2) is 18.2 Å². The van der Waals surface area contributed by atoms with Crippen molar-refractivity contribution in [3.8, 4) is 0 Å². The average molecular weight is 450 g/mol. The predicted molar refractivity (Wildman–Crippen MR) is 99.9 cm³/mol. The van der Waals surface area contributed by atoms with Gasteiger partial charge in [-0.3, -0.25) is 4.79 Å². The Morgan fingerprint density at radius 2 is 1.48 bits per heavy atom. The molecule has 2 aromatic rings. The maximum atomic E-state index is 13.1. The highest BCUT2D eigenvalue weighted by atomic mass is 19.4. The van der Waals surface area contributed by atoms with Crippen LogP contribution in [0.5, 0.6) is 0 Å². The Labute approximate surface area is 174 Å². The Morgan fingerprint density at radius 3 is 1.90 bits per heavy atom. The lowest BCUT2D eigenvalue weighted by Gasteiger charge is -2.15. The van der Waals surface area contributed by atoms with E-state index in [0.29, 0.717) is 17.8 Å². The highest BCUT2D eigenvalue weighted by Gasteiger charge is 2.37. The van der Waals surface area contributed by atoms with Crippen LogP contribution in [0.4, 0.5) is 32.0 Å². The van der Waals surface area contributed by atoms with Crippen molar-refractivity contribution >= 4 is 17.6 Å². The Hall–Kier alpha value is -2.98. The molecule has 0 bridgehead atoms. The minimum Gasteiger partial charge on any atom is -0.461 e. The van der Waals surface area contributed by atoms with E-state index in [1.54, 1.807) is 13.8 Å². The Kier molecular flexibility index (Phi) is 6.77. The van der Waals surface area contributed by atoms with Gasteiger partial charge in [0.1, 0.15) is 5.69 Å². The van der Waals surface area contributed by atoms with Crippen molar-refractivity contribution in [1.29, 1.82) is 0 Å². The number of carbonyl (C=O) groups is 2. The Balaban J connectivity index is 2.54. The van der Waals surface area contributed by atoms with Gasteiger partial charge in [0.25, 0.3) is 5.91 Å². The summed E-state index contributed by atoms with van der Waals surface area (Å²) >= 11 is 0. The summed E-state index contributed by atoms with van der Waals surface area (Å²) in [7, 11) is 0. The standard InChI is InChI=1S/C20H20F6N2O3/c1-5-28-11(4)15(10(3)16(28)18(30)31-6-2)17(29)27-14-8-12(19(21,22)23)7-13(9-14)20(24,25)26/h7-9H,5-6H2,1-4H3,(H,27,29). The maximum Gasteiger partial charge on any atom is 0.416 e. The SMILES string of the molecule is CCOC(=O)c1c(C)c(C(=O)Nc2cc(C(F)(F)F)cc(C(F)(F)F)c2)c(C)n1CC. The van der Waals surface area contributed by atoms with Crippen LogP contribution in [-0.2, 0) is 23.6 Å². The number of esters is 1. The number of anilines is 1. The molecular formula is C20H20F6N2O3. The van der Waals surface area contributed by atoms with Gasteiger partial charge in [0.05, 0.1) is 23.3 Å². The molecule has 0 saturated carbocycles. The van der Waals surface area contributed by atoms with Crippen molar-refractivity contribution in [1.82, 2.24) is 4.57 Å². The fourth-order valence-electron chi connectivity index (χ4n) is 3.31. The lowest BCUT2D eigenvalue weighted by atomic mass is 10.1. The third-order valence-corrected chi connectivity index (χ3v) is 4.62. The molecule has 0 atom stereocenters. The van der Waals surface area contributed by atoms with Crippen LogP contribution < -0.4 is 5.32 Å². The molecule has 170 valence electrons. The van der Waals surface area contributed by atoms with Gasteiger partial charge in [0.2, 0.25) is 0 Å². The first-order valence-corrected chi connectivity index (χ1v) is 9.19. The summed E-state index contributed by atoms with van der Waals surface area (Å²) in [5.41, 5.74) is -3.19. The molecule has 1 aromatic carbocycles. The van der Waals surface area contributed by atoms with Gasteiger partial charge in [0, 0.05) is 17.9 Å².